The second kappa shape index (κ2) is 5.86. The van der Waals surface area contributed by atoms with Crippen molar-refractivity contribution in [1.82, 2.24) is 0 Å². The second-order valence-electron chi connectivity index (χ2n) is 3.20. The smallest absolute Gasteiger partial charge is 0.337 e. The van der Waals surface area contributed by atoms with Gasteiger partial charge in [-0.05, 0) is 18.2 Å². The van der Waals surface area contributed by atoms with Gasteiger partial charge in [0.2, 0.25) is 0 Å². The molecule has 6 heteroatoms. The quantitative estimate of drug-likeness (QED) is 0.849. The van der Waals surface area contributed by atoms with Crippen LogP contribution >= 0.6 is 11.6 Å². The van der Waals surface area contributed by atoms with Gasteiger partial charge in [-0.25, -0.2) is 4.79 Å². The normalized spacial score (nSPS) is 12.1. The molecule has 4 nitrogen and oxygen atoms in total. The number of benzene rings is 1. The Hall–Kier alpha value is -1.07. The van der Waals surface area contributed by atoms with Crippen LogP contribution in [0, 0.1) is 0 Å². The molecule has 16 heavy (non-hydrogen) atoms. The van der Waals surface area contributed by atoms with Gasteiger partial charge >= 0.3 is 5.97 Å². The highest BCUT2D eigenvalue weighted by Crippen LogP contribution is 2.20. The highest BCUT2D eigenvalue weighted by Gasteiger charge is 2.08. The van der Waals surface area contributed by atoms with Crippen LogP contribution in [0.2, 0.25) is 5.02 Å². The van der Waals surface area contributed by atoms with Crippen LogP contribution in [-0.2, 0) is 10.8 Å². The zero-order chi connectivity index (χ0) is 12.1. The standard InChI is InChI=1S/C10H12ClNO3S/c1-16(15)5-4-12-7-2-3-8(10(13)14)9(11)6-7/h2-3,6,12H,4-5H2,1H3,(H,13,14). The Balaban J connectivity index is 2.66. The molecule has 1 atom stereocenters. The first-order valence-electron chi connectivity index (χ1n) is 4.57. The zero-order valence-corrected chi connectivity index (χ0v) is 10.3. The molecule has 0 amide bonds. The number of rotatable bonds is 5. The third kappa shape index (κ3) is 3.83. The molecule has 1 aromatic carbocycles. The van der Waals surface area contributed by atoms with Crippen molar-refractivity contribution in [1.29, 1.82) is 0 Å². The molecule has 0 saturated carbocycles. The maximum Gasteiger partial charge on any atom is 0.337 e. The van der Waals surface area contributed by atoms with Gasteiger partial charge in [0.25, 0.3) is 0 Å². The van der Waals surface area contributed by atoms with E-state index in [4.69, 9.17) is 16.7 Å². The van der Waals surface area contributed by atoms with E-state index in [-0.39, 0.29) is 10.6 Å². The molecule has 2 N–H and O–H groups in total. The van der Waals surface area contributed by atoms with Crippen molar-refractivity contribution in [3.05, 3.63) is 28.8 Å². The van der Waals surface area contributed by atoms with Gasteiger partial charge in [-0.2, -0.15) is 0 Å². The summed E-state index contributed by atoms with van der Waals surface area (Å²) in [5.74, 6) is -0.510. The van der Waals surface area contributed by atoms with E-state index in [2.05, 4.69) is 5.32 Å². The minimum atomic E-state index is -1.05. The lowest BCUT2D eigenvalue weighted by atomic mass is 10.2. The van der Waals surface area contributed by atoms with E-state index in [1.54, 1.807) is 18.4 Å². The monoisotopic (exact) mass is 261 g/mol. The van der Waals surface area contributed by atoms with Crippen LogP contribution in [0.25, 0.3) is 0 Å². The molecule has 0 saturated heterocycles. The first-order chi connectivity index (χ1) is 7.50. The minimum absolute atomic E-state index is 0.0753. The van der Waals surface area contributed by atoms with Crippen molar-refractivity contribution in [3.63, 3.8) is 0 Å². The Morgan fingerprint density at radius 3 is 2.75 bits per heavy atom. The summed E-state index contributed by atoms with van der Waals surface area (Å²) in [5, 5.41) is 12.0. The molecular formula is C10H12ClNO3S. The molecule has 1 aromatic rings. The maximum absolute atomic E-state index is 10.8. The van der Waals surface area contributed by atoms with Crippen LogP contribution in [0.5, 0.6) is 0 Å². The fourth-order valence-corrected chi connectivity index (χ4v) is 1.79. The summed E-state index contributed by atoms with van der Waals surface area (Å²) in [6.45, 7) is 0.561. The molecule has 0 radical (unpaired) electrons. The summed E-state index contributed by atoms with van der Waals surface area (Å²) in [4.78, 5) is 10.7. The van der Waals surface area contributed by atoms with Crippen LogP contribution in [0.1, 0.15) is 10.4 Å². The van der Waals surface area contributed by atoms with Crippen molar-refractivity contribution in [2.75, 3.05) is 23.9 Å². The zero-order valence-electron chi connectivity index (χ0n) is 8.70. The number of halogens is 1. The SMILES string of the molecule is CS(=O)CCNc1ccc(C(=O)O)c(Cl)c1. The number of carbonyl (C=O) groups is 1. The molecule has 1 rings (SSSR count). The van der Waals surface area contributed by atoms with Gasteiger partial charge in [-0.3, -0.25) is 4.21 Å². The Labute approximate surface area is 101 Å². The molecule has 0 bridgehead atoms. The minimum Gasteiger partial charge on any atom is -0.478 e. The molecule has 1 unspecified atom stereocenters. The van der Waals surface area contributed by atoms with E-state index in [9.17, 15) is 9.00 Å². The van der Waals surface area contributed by atoms with Crippen molar-refractivity contribution in [3.8, 4) is 0 Å². The van der Waals surface area contributed by atoms with E-state index >= 15 is 0 Å². The van der Waals surface area contributed by atoms with Crippen LogP contribution in [0.15, 0.2) is 18.2 Å². The Kier molecular flexibility index (Phi) is 4.76. The van der Waals surface area contributed by atoms with Gasteiger partial charge < -0.3 is 10.4 Å². The Morgan fingerprint density at radius 2 is 2.25 bits per heavy atom. The molecular weight excluding hydrogens is 250 g/mol. The summed E-state index contributed by atoms with van der Waals surface area (Å²) in [6, 6.07) is 4.62. The molecule has 0 aliphatic carbocycles. The summed E-state index contributed by atoms with van der Waals surface area (Å²) in [6.07, 6.45) is 1.63. The molecule has 0 aliphatic rings. The van der Waals surface area contributed by atoms with Gasteiger partial charge in [-0.1, -0.05) is 11.6 Å². The summed E-state index contributed by atoms with van der Waals surface area (Å²) >= 11 is 5.79. The van der Waals surface area contributed by atoms with Gasteiger partial charge in [0.05, 0.1) is 10.6 Å². The van der Waals surface area contributed by atoms with Crippen LogP contribution in [0.4, 0.5) is 5.69 Å². The van der Waals surface area contributed by atoms with E-state index in [1.165, 1.54) is 6.07 Å². The molecule has 0 fully saturated rings. The van der Waals surface area contributed by atoms with Crippen LogP contribution in [-0.4, -0.2) is 33.8 Å². The number of nitrogens with one attached hydrogen (secondary N) is 1. The number of carboxylic acid groups (broad SMARTS) is 1. The van der Waals surface area contributed by atoms with Gasteiger partial charge in [0.1, 0.15) is 0 Å². The molecule has 0 spiro atoms. The lowest BCUT2D eigenvalue weighted by molar-refractivity contribution is 0.0697. The molecule has 0 heterocycles. The topological polar surface area (TPSA) is 66.4 Å². The number of hydrogen-bond donors (Lipinski definition) is 2. The molecule has 88 valence electrons. The number of hydrogen-bond acceptors (Lipinski definition) is 3. The summed E-state index contributed by atoms with van der Waals surface area (Å²) in [5.41, 5.74) is 0.798. The van der Waals surface area contributed by atoms with E-state index in [0.29, 0.717) is 12.3 Å². The van der Waals surface area contributed by atoms with E-state index in [0.717, 1.165) is 5.69 Å². The lowest BCUT2D eigenvalue weighted by Crippen LogP contribution is -2.10. The van der Waals surface area contributed by atoms with E-state index in [1.807, 2.05) is 0 Å². The lowest BCUT2D eigenvalue weighted by Gasteiger charge is -2.06. The maximum atomic E-state index is 10.8. The first kappa shape index (κ1) is 13.0. The highest BCUT2D eigenvalue weighted by molar-refractivity contribution is 7.84. The number of anilines is 1. The van der Waals surface area contributed by atoms with Crippen molar-refractivity contribution < 1.29 is 14.1 Å². The fraction of sp³-hybridized carbons (Fsp3) is 0.300. The highest BCUT2D eigenvalue weighted by atomic mass is 35.5. The van der Waals surface area contributed by atoms with Crippen LogP contribution in [0.3, 0.4) is 0 Å². The van der Waals surface area contributed by atoms with Crippen molar-refractivity contribution in [2.45, 2.75) is 0 Å². The van der Waals surface area contributed by atoms with Crippen molar-refractivity contribution in [2.24, 2.45) is 0 Å². The fourth-order valence-electron chi connectivity index (χ4n) is 1.14. The van der Waals surface area contributed by atoms with Gasteiger partial charge in [-0.15, -0.1) is 0 Å². The third-order valence-corrected chi connectivity index (χ3v) is 3.01. The average molecular weight is 262 g/mol. The number of carboxylic acids is 1. The Morgan fingerprint density at radius 1 is 1.56 bits per heavy atom. The summed E-state index contributed by atoms with van der Waals surface area (Å²) in [7, 11) is -0.846. The third-order valence-electron chi connectivity index (χ3n) is 1.92. The van der Waals surface area contributed by atoms with E-state index < -0.39 is 16.8 Å². The van der Waals surface area contributed by atoms with Gasteiger partial charge in [0.15, 0.2) is 0 Å². The van der Waals surface area contributed by atoms with Crippen molar-refractivity contribution >= 4 is 34.1 Å². The average Bonchev–Trinajstić information content (AvgIpc) is 2.16. The van der Waals surface area contributed by atoms with Crippen LogP contribution < -0.4 is 5.32 Å². The Bertz CT molecular complexity index is 423. The number of aromatic carboxylic acids is 1. The predicted octanol–water partition coefficient (Wildman–Crippen LogP) is 1.83. The van der Waals surface area contributed by atoms with Gasteiger partial charge in [0, 0.05) is 35.0 Å². The predicted molar refractivity (Wildman–Crippen MR) is 65.8 cm³/mol. The second-order valence-corrected chi connectivity index (χ2v) is 5.17. The summed E-state index contributed by atoms with van der Waals surface area (Å²) < 4.78 is 10.8. The first-order valence-corrected chi connectivity index (χ1v) is 6.68. The largest absolute Gasteiger partial charge is 0.478 e. The molecule has 0 aliphatic heterocycles. The molecule has 0 aromatic heterocycles.